The average Bonchev–Trinajstić information content (AvgIpc) is 2.48. The van der Waals surface area contributed by atoms with E-state index < -0.39 is 0 Å². The van der Waals surface area contributed by atoms with Crippen LogP contribution in [-0.2, 0) is 0 Å². The summed E-state index contributed by atoms with van der Waals surface area (Å²) in [6.07, 6.45) is 0. The molecule has 0 N–H and O–H groups in total. The summed E-state index contributed by atoms with van der Waals surface area (Å²) in [7, 11) is 1.61. The van der Waals surface area contributed by atoms with Crippen molar-refractivity contribution in [2.45, 2.75) is 17.1 Å². The van der Waals surface area contributed by atoms with Crippen LogP contribution in [-0.4, -0.2) is 18.1 Å². The van der Waals surface area contributed by atoms with Crippen molar-refractivity contribution in [3.05, 3.63) is 59.9 Å². The third-order valence-corrected chi connectivity index (χ3v) is 3.98. The fourth-order valence-corrected chi connectivity index (χ4v) is 2.71. The fraction of sp³-hybridized carbons (Fsp3) is 0.188. The molecule has 2 aromatic rings. The molecule has 1 unspecified atom stereocenters. The lowest BCUT2D eigenvalue weighted by molar-refractivity contribution is 0.0994. The first kappa shape index (κ1) is 14.6. The van der Waals surface area contributed by atoms with E-state index in [-0.39, 0.29) is 16.9 Å². The molecule has 0 heterocycles. The van der Waals surface area contributed by atoms with Gasteiger partial charge in [0.25, 0.3) is 0 Å². The van der Waals surface area contributed by atoms with E-state index in [9.17, 15) is 9.18 Å². The Kier molecular flexibility index (Phi) is 4.79. The van der Waals surface area contributed by atoms with Crippen molar-refractivity contribution in [2.75, 3.05) is 7.11 Å². The number of ether oxygens (including phenoxy) is 1. The molecule has 0 saturated heterocycles. The highest BCUT2D eigenvalue weighted by Crippen LogP contribution is 2.27. The Hall–Kier alpha value is -1.81. The van der Waals surface area contributed by atoms with Crippen molar-refractivity contribution in [3.63, 3.8) is 0 Å². The molecule has 0 saturated carbocycles. The summed E-state index contributed by atoms with van der Waals surface area (Å²) in [5.41, 5.74) is 0.528. The van der Waals surface area contributed by atoms with Gasteiger partial charge in [-0.15, -0.1) is 11.8 Å². The van der Waals surface area contributed by atoms with E-state index in [1.807, 2.05) is 31.2 Å². The molecule has 0 spiro atoms. The molecule has 0 fully saturated rings. The van der Waals surface area contributed by atoms with Crippen LogP contribution >= 0.6 is 11.8 Å². The molecule has 104 valence electrons. The summed E-state index contributed by atoms with van der Waals surface area (Å²) in [4.78, 5) is 13.2. The fourth-order valence-electron chi connectivity index (χ4n) is 1.76. The molecule has 20 heavy (non-hydrogen) atoms. The van der Waals surface area contributed by atoms with Crippen molar-refractivity contribution in [2.24, 2.45) is 0 Å². The molecule has 0 amide bonds. The van der Waals surface area contributed by atoms with Gasteiger partial charge in [0, 0.05) is 10.5 Å². The number of hydrogen-bond acceptors (Lipinski definition) is 3. The highest BCUT2D eigenvalue weighted by atomic mass is 32.2. The topological polar surface area (TPSA) is 26.3 Å². The van der Waals surface area contributed by atoms with Crippen LogP contribution in [0.15, 0.2) is 53.4 Å². The monoisotopic (exact) mass is 290 g/mol. The highest BCUT2D eigenvalue weighted by molar-refractivity contribution is 8.00. The maximum absolute atomic E-state index is 12.8. The highest BCUT2D eigenvalue weighted by Gasteiger charge is 2.16. The minimum absolute atomic E-state index is 0.00850. The van der Waals surface area contributed by atoms with Gasteiger partial charge >= 0.3 is 0 Å². The van der Waals surface area contributed by atoms with E-state index in [1.165, 1.54) is 36.0 Å². The Morgan fingerprint density at radius 1 is 1.10 bits per heavy atom. The van der Waals surface area contributed by atoms with Crippen LogP contribution in [0.2, 0.25) is 0 Å². The third kappa shape index (κ3) is 3.61. The summed E-state index contributed by atoms with van der Waals surface area (Å²) in [6, 6.07) is 13.2. The zero-order chi connectivity index (χ0) is 14.5. The van der Waals surface area contributed by atoms with E-state index in [2.05, 4.69) is 0 Å². The quantitative estimate of drug-likeness (QED) is 0.610. The van der Waals surface area contributed by atoms with Crippen molar-refractivity contribution in [3.8, 4) is 5.75 Å². The first-order valence-electron chi connectivity index (χ1n) is 6.20. The molecule has 0 radical (unpaired) electrons. The second-order valence-electron chi connectivity index (χ2n) is 4.31. The predicted octanol–water partition coefficient (Wildman–Crippen LogP) is 4.20. The summed E-state index contributed by atoms with van der Waals surface area (Å²) in [5, 5.41) is -0.228. The summed E-state index contributed by atoms with van der Waals surface area (Å²) < 4.78 is 17.9. The Labute approximate surface area is 122 Å². The van der Waals surface area contributed by atoms with Gasteiger partial charge in [0.1, 0.15) is 11.6 Å². The number of carbonyl (C=O) groups excluding carboxylic acids is 1. The lowest BCUT2D eigenvalue weighted by Gasteiger charge is -2.10. The maximum atomic E-state index is 12.8. The number of carbonyl (C=O) groups is 1. The molecule has 2 nitrogen and oxygen atoms in total. The Morgan fingerprint density at radius 2 is 1.70 bits per heavy atom. The van der Waals surface area contributed by atoms with Crippen molar-refractivity contribution in [1.29, 1.82) is 0 Å². The molecule has 2 aromatic carbocycles. The van der Waals surface area contributed by atoms with Gasteiger partial charge in [-0.25, -0.2) is 4.39 Å². The standard InChI is InChI=1S/C16H15FO2S/c1-11(16(18)12-3-5-13(17)6-4-12)20-15-9-7-14(19-2)8-10-15/h3-11H,1-2H3. The zero-order valence-corrected chi connectivity index (χ0v) is 12.1. The number of hydrogen-bond donors (Lipinski definition) is 0. The second kappa shape index (κ2) is 6.57. The van der Waals surface area contributed by atoms with Gasteiger partial charge in [-0.1, -0.05) is 0 Å². The van der Waals surface area contributed by atoms with E-state index in [1.54, 1.807) is 7.11 Å². The SMILES string of the molecule is COc1ccc(SC(C)C(=O)c2ccc(F)cc2)cc1. The van der Waals surface area contributed by atoms with Crippen molar-refractivity contribution >= 4 is 17.5 Å². The van der Waals surface area contributed by atoms with Crippen molar-refractivity contribution < 1.29 is 13.9 Å². The molecular weight excluding hydrogens is 275 g/mol. The summed E-state index contributed by atoms with van der Waals surface area (Å²) >= 11 is 1.47. The van der Waals surface area contributed by atoms with Gasteiger partial charge in [-0.05, 0) is 55.5 Å². The van der Waals surface area contributed by atoms with Gasteiger partial charge in [-0.2, -0.15) is 0 Å². The van der Waals surface area contributed by atoms with Crippen LogP contribution in [0.3, 0.4) is 0 Å². The number of methoxy groups -OCH3 is 1. The molecule has 0 bridgehead atoms. The minimum atomic E-state index is -0.336. The van der Waals surface area contributed by atoms with E-state index in [0.717, 1.165) is 10.6 Å². The molecule has 0 aliphatic rings. The van der Waals surface area contributed by atoms with Crippen LogP contribution < -0.4 is 4.74 Å². The van der Waals surface area contributed by atoms with Crippen LogP contribution in [0.4, 0.5) is 4.39 Å². The summed E-state index contributed by atoms with van der Waals surface area (Å²) in [5.74, 6) is 0.440. The normalized spacial score (nSPS) is 11.9. The van der Waals surface area contributed by atoms with Gasteiger partial charge in [0.15, 0.2) is 5.78 Å². The van der Waals surface area contributed by atoms with E-state index in [0.29, 0.717) is 5.56 Å². The number of Topliss-reactive ketones (excluding diaryl/α,β-unsaturated/α-hetero) is 1. The molecule has 1 atom stereocenters. The van der Waals surface area contributed by atoms with Crippen LogP contribution in [0.25, 0.3) is 0 Å². The number of benzene rings is 2. The van der Waals surface area contributed by atoms with E-state index in [4.69, 9.17) is 4.74 Å². The largest absolute Gasteiger partial charge is 0.497 e. The molecule has 0 aromatic heterocycles. The molecule has 4 heteroatoms. The predicted molar refractivity (Wildman–Crippen MR) is 79.0 cm³/mol. The first-order valence-corrected chi connectivity index (χ1v) is 7.08. The smallest absolute Gasteiger partial charge is 0.175 e. The maximum Gasteiger partial charge on any atom is 0.175 e. The zero-order valence-electron chi connectivity index (χ0n) is 11.3. The van der Waals surface area contributed by atoms with E-state index >= 15 is 0 Å². The number of ketones is 1. The Bertz CT molecular complexity index is 578. The molecule has 2 rings (SSSR count). The average molecular weight is 290 g/mol. The van der Waals surface area contributed by atoms with Crippen LogP contribution in [0.1, 0.15) is 17.3 Å². The molecule has 0 aliphatic heterocycles. The van der Waals surface area contributed by atoms with Gasteiger partial charge in [0.2, 0.25) is 0 Å². The third-order valence-electron chi connectivity index (χ3n) is 2.87. The minimum Gasteiger partial charge on any atom is -0.497 e. The number of rotatable bonds is 5. The molecular formula is C16H15FO2S. The van der Waals surface area contributed by atoms with Gasteiger partial charge in [0.05, 0.1) is 12.4 Å². The first-order chi connectivity index (χ1) is 9.60. The van der Waals surface area contributed by atoms with Crippen LogP contribution in [0.5, 0.6) is 5.75 Å². The lowest BCUT2D eigenvalue weighted by atomic mass is 10.1. The van der Waals surface area contributed by atoms with Crippen molar-refractivity contribution in [1.82, 2.24) is 0 Å². The molecule has 0 aliphatic carbocycles. The lowest BCUT2D eigenvalue weighted by Crippen LogP contribution is -2.13. The summed E-state index contributed by atoms with van der Waals surface area (Å²) in [6.45, 7) is 1.85. The Balaban J connectivity index is 2.04. The van der Waals surface area contributed by atoms with Gasteiger partial charge in [-0.3, -0.25) is 4.79 Å². The van der Waals surface area contributed by atoms with Gasteiger partial charge < -0.3 is 4.74 Å². The second-order valence-corrected chi connectivity index (χ2v) is 5.72. The number of thioether (sulfide) groups is 1. The number of halogens is 1. The van der Waals surface area contributed by atoms with Crippen LogP contribution in [0, 0.1) is 5.82 Å². The Morgan fingerprint density at radius 3 is 2.25 bits per heavy atom.